The molecule has 1 nitrogen and oxygen atoms in total. The lowest BCUT2D eigenvalue weighted by Crippen LogP contribution is -2.28. The first kappa shape index (κ1) is 15.7. The zero-order valence-corrected chi connectivity index (χ0v) is 15.9. The largest absolute Gasteiger partial charge is 0.478 e. The van der Waals surface area contributed by atoms with Crippen LogP contribution >= 0.6 is 34.5 Å². The third-order valence-electron chi connectivity index (χ3n) is 5.51. The average molecular weight is 387 g/mol. The van der Waals surface area contributed by atoms with E-state index in [9.17, 15) is 0 Å². The maximum absolute atomic E-state index is 6.90. The molecular weight excluding hydrogens is 371 g/mol. The molecule has 3 atom stereocenters. The van der Waals surface area contributed by atoms with Crippen molar-refractivity contribution in [1.82, 2.24) is 0 Å². The molecule has 0 unspecified atom stereocenters. The molecule has 1 fully saturated rings. The van der Waals surface area contributed by atoms with E-state index >= 15 is 0 Å². The van der Waals surface area contributed by atoms with Crippen LogP contribution in [0.1, 0.15) is 27.5 Å². The molecule has 0 spiro atoms. The van der Waals surface area contributed by atoms with E-state index in [0.29, 0.717) is 0 Å². The smallest absolute Gasteiger partial charge is 0.183 e. The first-order chi connectivity index (χ1) is 12.1. The molecular formula is C21H16Cl2OS. The van der Waals surface area contributed by atoms with E-state index in [2.05, 4.69) is 54.8 Å². The van der Waals surface area contributed by atoms with E-state index in [1.54, 1.807) is 11.3 Å². The lowest BCUT2D eigenvalue weighted by Gasteiger charge is -2.31. The summed E-state index contributed by atoms with van der Waals surface area (Å²) in [6.07, 6.45) is 0. The van der Waals surface area contributed by atoms with Crippen molar-refractivity contribution < 1.29 is 4.74 Å². The Hall–Kier alpha value is -1.48. The van der Waals surface area contributed by atoms with Crippen LogP contribution in [0.3, 0.4) is 0 Å². The van der Waals surface area contributed by atoms with Crippen LogP contribution in [0.15, 0.2) is 66.0 Å². The Balaban J connectivity index is 1.77. The van der Waals surface area contributed by atoms with Gasteiger partial charge in [-0.2, -0.15) is 0 Å². The number of fused-ring (bicyclic) bond motifs is 2. The third kappa shape index (κ3) is 1.96. The molecule has 1 aliphatic carbocycles. The molecule has 25 heavy (non-hydrogen) atoms. The van der Waals surface area contributed by atoms with Crippen LogP contribution in [0.25, 0.3) is 0 Å². The Labute approximate surface area is 161 Å². The summed E-state index contributed by atoms with van der Waals surface area (Å²) >= 11 is 15.4. The SMILES string of the molecule is Cc1ccccc1[C@@H]1c2ccccc2O[C@@]2(c3cccs3)[C@@H]1C2(Cl)Cl. The van der Waals surface area contributed by atoms with E-state index in [0.717, 1.165) is 16.2 Å². The highest BCUT2D eigenvalue weighted by Gasteiger charge is 2.84. The van der Waals surface area contributed by atoms with Gasteiger partial charge in [-0.05, 0) is 35.6 Å². The molecule has 0 bridgehead atoms. The topological polar surface area (TPSA) is 9.23 Å². The predicted octanol–water partition coefficient (Wildman–Crippen LogP) is 6.28. The summed E-state index contributed by atoms with van der Waals surface area (Å²) in [4.78, 5) is 1.09. The van der Waals surface area contributed by atoms with Crippen LogP contribution in [0.4, 0.5) is 0 Å². The van der Waals surface area contributed by atoms with Gasteiger partial charge in [-0.15, -0.1) is 11.3 Å². The van der Waals surface area contributed by atoms with Crippen molar-refractivity contribution in [3.8, 4) is 5.75 Å². The summed E-state index contributed by atoms with van der Waals surface area (Å²) in [7, 11) is 0. The highest BCUT2D eigenvalue weighted by molar-refractivity contribution is 7.10. The second kappa shape index (κ2) is 5.26. The first-order valence-corrected chi connectivity index (χ1v) is 9.96. The van der Waals surface area contributed by atoms with Gasteiger partial charge in [0.05, 0.1) is 10.8 Å². The highest BCUT2D eigenvalue weighted by atomic mass is 35.5. The molecule has 3 aromatic rings. The summed E-state index contributed by atoms with van der Waals surface area (Å²) in [5.41, 5.74) is 3.01. The van der Waals surface area contributed by atoms with Crippen molar-refractivity contribution in [2.75, 3.05) is 0 Å². The fourth-order valence-electron chi connectivity index (χ4n) is 4.31. The lowest BCUT2D eigenvalue weighted by molar-refractivity contribution is 0.141. The van der Waals surface area contributed by atoms with E-state index in [-0.39, 0.29) is 11.8 Å². The number of aryl methyl sites for hydroxylation is 1. The molecule has 2 aromatic carbocycles. The standard InChI is InChI=1S/C21H16Cl2OS/c1-13-7-2-3-8-14(13)18-15-9-4-5-10-16(15)24-20(17-11-6-12-25-17)19(18)21(20,22)23/h2-12,18-19H,1H3/t18-,19-,20+/m1/s1. The fourth-order valence-corrected chi connectivity index (χ4v) is 6.35. The molecule has 0 amide bonds. The molecule has 5 rings (SSSR count). The van der Waals surface area contributed by atoms with Gasteiger partial charge in [-0.1, -0.05) is 71.7 Å². The van der Waals surface area contributed by atoms with Crippen LogP contribution < -0.4 is 4.74 Å². The van der Waals surface area contributed by atoms with Crippen LogP contribution in [0, 0.1) is 12.8 Å². The van der Waals surface area contributed by atoms with Crippen molar-refractivity contribution in [2.24, 2.45) is 5.92 Å². The number of para-hydroxylation sites is 1. The number of halogens is 2. The number of hydrogen-bond acceptors (Lipinski definition) is 2. The summed E-state index contributed by atoms with van der Waals surface area (Å²) in [6, 6.07) is 20.8. The Morgan fingerprint density at radius 3 is 2.36 bits per heavy atom. The summed E-state index contributed by atoms with van der Waals surface area (Å²) in [6.45, 7) is 2.15. The van der Waals surface area contributed by atoms with E-state index < -0.39 is 9.93 Å². The Morgan fingerprint density at radius 1 is 0.920 bits per heavy atom. The van der Waals surface area contributed by atoms with Gasteiger partial charge in [0.15, 0.2) is 9.93 Å². The summed E-state index contributed by atoms with van der Waals surface area (Å²) < 4.78 is 5.54. The molecule has 1 saturated carbocycles. The fraction of sp³-hybridized carbons (Fsp3) is 0.238. The van der Waals surface area contributed by atoms with Gasteiger partial charge in [0, 0.05) is 11.5 Å². The van der Waals surface area contributed by atoms with Crippen molar-refractivity contribution in [3.63, 3.8) is 0 Å². The van der Waals surface area contributed by atoms with Gasteiger partial charge < -0.3 is 4.74 Å². The molecule has 0 saturated heterocycles. The van der Waals surface area contributed by atoms with Crippen LogP contribution in [0.2, 0.25) is 0 Å². The normalized spacial score (nSPS) is 28.6. The second-order valence-electron chi connectivity index (χ2n) is 6.79. The third-order valence-corrected chi connectivity index (χ3v) is 7.53. The molecule has 0 N–H and O–H groups in total. The maximum atomic E-state index is 6.90. The second-order valence-corrected chi connectivity index (χ2v) is 9.12. The highest BCUT2D eigenvalue weighted by Crippen LogP contribution is 2.77. The average Bonchev–Trinajstić information content (AvgIpc) is 2.98. The minimum atomic E-state index is -0.955. The van der Waals surface area contributed by atoms with Crippen molar-refractivity contribution >= 4 is 34.5 Å². The molecule has 2 aliphatic rings. The molecule has 126 valence electrons. The van der Waals surface area contributed by atoms with Crippen LogP contribution in [0.5, 0.6) is 5.75 Å². The Morgan fingerprint density at radius 2 is 1.64 bits per heavy atom. The van der Waals surface area contributed by atoms with Gasteiger partial charge in [-0.3, -0.25) is 0 Å². The monoisotopic (exact) mass is 386 g/mol. The number of thiophene rings is 1. The number of alkyl halides is 2. The Bertz CT molecular complexity index is 950. The number of ether oxygens (including phenoxy) is 1. The van der Waals surface area contributed by atoms with Crippen LogP contribution in [-0.4, -0.2) is 4.33 Å². The molecule has 4 heteroatoms. The summed E-state index contributed by atoms with van der Waals surface area (Å²) in [5, 5.41) is 2.05. The van der Waals surface area contributed by atoms with E-state index in [1.807, 2.05) is 18.2 Å². The minimum absolute atomic E-state index is 0.0158. The summed E-state index contributed by atoms with van der Waals surface area (Å²) in [5.74, 6) is 0.977. The zero-order valence-electron chi connectivity index (χ0n) is 13.6. The maximum Gasteiger partial charge on any atom is 0.183 e. The van der Waals surface area contributed by atoms with Gasteiger partial charge in [0.1, 0.15) is 5.75 Å². The van der Waals surface area contributed by atoms with E-state index in [1.165, 1.54) is 11.1 Å². The number of benzene rings is 2. The number of rotatable bonds is 2. The minimum Gasteiger partial charge on any atom is -0.478 e. The van der Waals surface area contributed by atoms with Crippen molar-refractivity contribution in [2.45, 2.75) is 22.8 Å². The van der Waals surface area contributed by atoms with Crippen LogP contribution in [-0.2, 0) is 5.60 Å². The Kier molecular flexibility index (Phi) is 3.31. The first-order valence-electron chi connectivity index (χ1n) is 8.32. The zero-order chi connectivity index (χ0) is 17.2. The predicted molar refractivity (Wildman–Crippen MR) is 104 cm³/mol. The van der Waals surface area contributed by atoms with E-state index in [4.69, 9.17) is 27.9 Å². The molecule has 1 aliphatic heterocycles. The van der Waals surface area contributed by atoms with Crippen molar-refractivity contribution in [3.05, 3.63) is 87.6 Å². The molecule has 1 aromatic heterocycles. The molecule has 0 radical (unpaired) electrons. The van der Waals surface area contributed by atoms with Gasteiger partial charge >= 0.3 is 0 Å². The van der Waals surface area contributed by atoms with Gasteiger partial charge in [0.25, 0.3) is 0 Å². The quantitative estimate of drug-likeness (QED) is 0.470. The lowest BCUT2D eigenvalue weighted by atomic mass is 9.81. The van der Waals surface area contributed by atoms with Gasteiger partial charge in [0.2, 0.25) is 0 Å². The van der Waals surface area contributed by atoms with Gasteiger partial charge in [-0.25, -0.2) is 0 Å². The molecule has 2 heterocycles. The number of hydrogen-bond donors (Lipinski definition) is 0. The van der Waals surface area contributed by atoms with Crippen molar-refractivity contribution in [1.29, 1.82) is 0 Å².